The maximum absolute atomic E-state index is 11.1. The zero-order valence-corrected chi connectivity index (χ0v) is 10.3. The van der Waals surface area contributed by atoms with Gasteiger partial charge >= 0.3 is 5.69 Å². The number of carbonyl (C=O) groups excluding carboxylic acids is 1. The highest BCUT2D eigenvalue weighted by Gasteiger charge is 2.23. The Balaban J connectivity index is 3.28. The van der Waals surface area contributed by atoms with Crippen LogP contribution in [-0.4, -0.2) is 31.0 Å². The van der Waals surface area contributed by atoms with Gasteiger partial charge in [0.15, 0.2) is 0 Å². The Labute approximate surface area is 105 Å². The van der Waals surface area contributed by atoms with Gasteiger partial charge in [0.05, 0.1) is 11.5 Å². The van der Waals surface area contributed by atoms with Crippen LogP contribution in [0.5, 0.6) is 0 Å². The summed E-state index contributed by atoms with van der Waals surface area (Å²) in [7, 11) is 1.61. The summed E-state index contributed by atoms with van der Waals surface area (Å²) in [4.78, 5) is 23.2. The highest BCUT2D eigenvalue weighted by atomic mass is 16.6. The van der Waals surface area contributed by atoms with Crippen molar-refractivity contribution in [3.63, 3.8) is 0 Å². The first-order valence-corrected chi connectivity index (χ1v) is 5.49. The molecule has 0 fully saturated rings. The highest BCUT2D eigenvalue weighted by molar-refractivity contribution is 5.83. The molecule has 7 nitrogen and oxygen atoms in total. The molecule has 3 N–H and O–H groups in total. The van der Waals surface area contributed by atoms with Crippen LogP contribution in [0.1, 0.15) is 6.92 Å². The summed E-state index contributed by atoms with van der Waals surface area (Å²) < 4.78 is 0. The van der Waals surface area contributed by atoms with E-state index in [2.05, 4.69) is 5.32 Å². The number of hydrogen-bond donors (Lipinski definition) is 2. The molecule has 7 heteroatoms. The lowest BCUT2D eigenvalue weighted by molar-refractivity contribution is -0.383. The molecule has 1 amide bonds. The summed E-state index contributed by atoms with van der Waals surface area (Å²) in [6.45, 7) is 2.21. The smallest absolute Gasteiger partial charge is 0.315 e. The summed E-state index contributed by atoms with van der Waals surface area (Å²) >= 11 is 0. The van der Waals surface area contributed by atoms with Gasteiger partial charge in [-0.15, -0.1) is 0 Å². The van der Waals surface area contributed by atoms with Crippen molar-refractivity contribution in [1.29, 1.82) is 0 Å². The molecule has 0 aliphatic carbocycles. The van der Waals surface area contributed by atoms with Crippen LogP contribution in [-0.2, 0) is 4.79 Å². The largest absolute Gasteiger partial charge is 0.382 e. The van der Waals surface area contributed by atoms with E-state index in [1.54, 1.807) is 37.1 Å². The zero-order valence-electron chi connectivity index (χ0n) is 10.3. The van der Waals surface area contributed by atoms with Crippen molar-refractivity contribution in [2.24, 2.45) is 5.73 Å². The lowest BCUT2D eigenvalue weighted by Crippen LogP contribution is -2.34. The van der Waals surface area contributed by atoms with Crippen molar-refractivity contribution >= 4 is 23.0 Å². The van der Waals surface area contributed by atoms with Gasteiger partial charge in [-0.05, 0) is 19.1 Å². The van der Waals surface area contributed by atoms with Crippen molar-refractivity contribution in [1.82, 2.24) is 0 Å². The van der Waals surface area contributed by atoms with Gasteiger partial charge in [-0.25, -0.2) is 0 Å². The number of primary amides is 1. The quantitative estimate of drug-likeness (QED) is 0.579. The monoisotopic (exact) mass is 252 g/mol. The molecule has 1 rings (SSSR count). The standard InChI is InChI=1S/C11H16N4O3/c1-3-14(7-10(12)16)9-6-4-5-8(13-2)11(9)15(17)18/h4-6,13H,3,7H2,1-2H3,(H2,12,16). The first-order chi connectivity index (χ1) is 8.51. The molecule has 0 aromatic heterocycles. The molecule has 0 atom stereocenters. The SMILES string of the molecule is CCN(CC(N)=O)c1cccc(NC)c1[N+](=O)[O-]. The molecular formula is C11H16N4O3. The van der Waals surface area contributed by atoms with Crippen molar-refractivity contribution in [2.45, 2.75) is 6.92 Å². The number of hydrogen-bond acceptors (Lipinski definition) is 5. The molecule has 1 aromatic rings. The van der Waals surface area contributed by atoms with E-state index >= 15 is 0 Å². The third-order valence-corrected chi connectivity index (χ3v) is 2.54. The molecule has 0 aliphatic heterocycles. The molecule has 0 radical (unpaired) electrons. The lowest BCUT2D eigenvalue weighted by Gasteiger charge is -2.21. The zero-order chi connectivity index (χ0) is 13.7. The fraction of sp³-hybridized carbons (Fsp3) is 0.364. The fourth-order valence-corrected chi connectivity index (χ4v) is 1.74. The number of nitrogens with zero attached hydrogens (tertiary/aromatic N) is 2. The Kier molecular flexibility index (Phi) is 4.47. The van der Waals surface area contributed by atoms with E-state index in [4.69, 9.17) is 5.73 Å². The van der Waals surface area contributed by atoms with Crippen LogP contribution >= 0.6 is 0 Å². The average molecular weight is 252 g/mol. The predicted octanol–water partition coefficient (Wildman–Crippen LogP) is 0.948. The number of nitrogens with one attached hydrogen (secondary N) is 1. The Morgan fingerprint density at radius 2 is 2.22 bits per heavy atom. The number of benzene rings is 1. The first-order valence-electron chi connectivity index (χ1n) is 5.49. The molecular weight excluding hydrogens is 236 g/mol. The Bertz CT molecular complexity index is 462. The Morgan fingerprint density at radius 3 is 2.67 bits per heavy atom. The van der Waals surface area contributed by atoms with Crippen LogP contribution in [0.2, 0.25) is 0 Å². The van der Waals surface area contributed by atoms with Gasteiger partial charge in [-0.1, -0.05) is 6.07 Å². The second-order valence-corrected chi connectivity index (χ2v) is 3.66. The van der Waals surface area contributed by atoms with Gasteiger partial charge in [0.25, 0.3) is 0 Å². The normalized spacial score (nSPS) is 9.89. The van der Waals surface area contributed by atoms with Crippen molar-refractivity contribution < 1.29 is 9.72 Å². The third-order valence-electron chi connectivity index (χ3n) is 2.54. The molecule has 0 saturated heterocycles. The molecule has 18 heavy (non-hydrogen) atoms. The number of likely N-dealkylation sites (N-methyl/N-ethyl adjacent to an activating group) is 1. The van der Waals surface area contributed by atoms with Crippen molar-refractivity contribution in [3.05, 3.63) is 28.3 Å². The first kappa shape index (κ1) is 13.8. The van der Waals surface area contributed by atoms with Crippen molar-refractivity contribution in [3.8, 4) is 0 Å². The maximum atomic E-state index is 11.1. The number of nitro benzene ring substituents is 1. The number of rotatable bonds is 6. The summed E-state index contributed by atoms with van der Waals surface area (Å²) in [5, 5.41) is 13.9. The summed E-state index contributed by atoms with van der Waals surface area (Å²) in [6.07, 6.45) is 0. The minimum atomic E-state index is -0.527. The second-order valence-electron chi connectivity index (χ2n) is 3.66. The van der Waals surface area contributed by atoms with E-state index in [1.165, 1.54) is 0 Å². The van der Waals surface area contributed by atoms with Gasteiger partial charge in [-0.3, -0.25) is 14.9 Å². The lowest BCUT2D eigenvalue weighted by atomic mass is 10.2. The van der Waals surface area contributed by atoms with Crippen LogP contribution in [0.4, 0.5) is 17.1 Å². The molecule has 0 heterocycles. The number of carbonyl (C=O) groups is 1. The second kappa shape index (κ2) is 5.85. The average Bonchev–Trinajstić information content (AvgIpc) is 2.34. The Hall–Kier alpha value is -2.31. The van der Waals surface area contributed by atoms with Crippen molar-refractivity contribution in [2.75, 3.05) is 30.4 Å². The Morgan fingerprint density at radius 1 is 1.56 bits per heavy atom. The van der Waals surface area contributed by atoms with E-state index in [1.807, 2.05) is 0 Å². The molecule has 0 saturated carbocycles. The number of nitro groups is 1. The highest BCUT2D eigenvalue weighted by Crippen LogP contribution is 2.34. The minimum Gasteiger partial charge on any atom is -0.382 e. The van der Waals surface area contributed by atoms with Crippen LogP contribution < -0.4 is 16.0 Å². The summed E-state index contributed by atoms with van der Waals surface area (Å²) in [5.41, 5.74) is 5.87. The van der Waals surface area contributed by atoms with E-state index in [9.17, 15) is 14.9 Å². The van der Waals surface area contributed by atoms with Crippen LogP contribution in [0.25, 0.3) is 0 Å². The third kappa shape index (κ3) is 2.88. The molecule has 0 spiro atoms. The van der Waals surface area contributed by atoms with E-state index in [0.717, 1.165) is 0 Å². The van der Waals surface area contributed by atoms with Crippen LogP contribution in [0, 0.1) is 10.1 Å². The van der Waals surface area contributed by atoms with Crippen LogP contribution in [0.3, 0.4) is 0 Å². The molecule has 0 unspecified atom stereocenters. The fourth-order valence-electron chi connectivity index (χ4n) is 1.74. The number of anilines is 2. The molecule has 0 bridgehead atoms. The summed E-state index contributed by atoms with van der Waals surface area (Å²) in [5.74, 6) is -0.527. The van der Waals surface area contributed by atoms with Gasteiger partial charge in [0.1, 0.15) is 11.4 Å². The number of amides is 1. The predicted molar refractivity (Wildman–Crippen MR) is 69.7 cm³/mol. The number of para-hydroxylation sites is 1. The van der Waals surface area contributed by atoms with Gasteiger partial charge in [0.2, 0.25) is 5.91 Å². The van der Waals surface area contributed by atoms with E-state index in [-0.39, 0.29) is 12.2 Å². The number of nitrogens with two attached hydrogens (primary N) is 1. The van der Waals surface area contributed by atoms with E-state index in [0.29, 0.717) is 17.9 Å². The van der Waals surface area contributed by atoms with Gasteiger partial charge in [-0.2, -0.15) is 0 Å². The van der Waals surface area contributed by atoms with E-state index < -0.39 is 10.8 Å². The molecule has 98 valence electrons. The summed E-state index contributed by atoms with van der Waals surface area (Å²) in [6, 6.07) is 4.91. The minimum absolute atomic E-state index is 0.0511. The molecule has 0 aliphatic rings. The van der Waals surface area contributed by atoms with Crippen LogP contribution in [0.15, 0.2) is 18.2 Å². The molecule has 1 aromatic carbocycles. The van der Waals surface area contributed by atoms with Gasteiger partial charge in [0, 0.05) is 13.6 Å². The maximum Gasteiger partial charge on any atom is 0.315 e. The topological polar surface area (TPSA) is 102 Å². The van der Waals surface area contributed by atoms with Gasteiger partial charge < -0.3 is 16.0 Å².